The highest BCUT2D eigenvalue weighted by Crippen LogP contribution is 2.60. The Morgan fingerprint density at radius 3 is 2.40 bits per heavy atom. The molecule has 334 valence electrons. The zero-order chi connectivity index (χ0) is 45.4. The number of fused-ring (bicyclic) bond motifs is 3. The molecular weight excluding hydrogens is 835 g/mol. The summed E-state index contributed by atoms with van der Waals surface area (Å²) in [4.78, 5) is 47.3. The molecule has 4 atom stereocenters. The number of halogens is 2. The van der Waals surface area contributed by atoms with E-state index >= 15 is 13.6 Å². The van der Waals surface area contributed by atoms with Gasteiger partial charge in [-0.05, 0) is 113 Å². The number of aryl methyl sites for hydroxylation is 3. The van der Waals surface area contributed by atoms with Crippen molar-refractivity contribution in [3.8, 4) is 17.2 Å². The third-order valence-corrected chi connectivity index (χ3v) is 14.3. The Kier molecular flexibility index (Phi) is 9.00. The lowest BCUT2D eigenvalue weighted by Crippen LogP contribution is -2.40. The fourth-order valence-corrected chi connectivity index (χ4v) is 10.9. The van der Waals surface area contributed by atoms with Crippen LogP contribution in [0.3, 0.4) is 0 Å². The van der Waals surface area contributed by atoms with Crippen molar-refractivity contribution >= 4 is 22.3 Å². The number of rotatable bonds is 7. The number of benzene rings is 2. The molecule has 8 aromatic rings. The summed E-state index contributed by atoms with van der Waals surface area (Å²) in [7, 11) is 1.72. The van der Waals surface area contributed by atoms with Gasteiger partial charge in [0.15, 0.2) is 11.6 Å². The Morgan fingerprint density at radius 2 is 1.69 bits per heavy atom. The second-order valence-corrected chi connectivity index (χ2v) is 18.8. The van der Waals surface area contributed by atoms with Crippen LogP contribution < -0.4 is 11.4 Å². The van der Waals surface area contributed by atoms with Crippen LogP contribution in [0.5, 0.6) is 0 Å². The minimum atomic E-state index is -0.795. The lowest BCUT2D eigenvalue weighted by molar-refractivity contribution is -0.0593. The highest BCUT2D eigenvalue weighted by atomic mass is 19.1. The number of aromatic nitrogens is 9. The van der Waals surface area contributed by atoms with Crippen molar-refractivity contribution in [3.63, 3.8) is 0 Å². The molecule has 0 unspecified atom stereocenters. The van der Waals surface area contributed by atoms with E-state index in [0.29, 0.717) is 76.8 Å². The molecule has 11 rings (SSSR count). The number of ether oxygens (including phenoxy) is 1. The van der Waals surface area contributed by atoms with E-state index in [-0.39, 0.29) is 40.2 Å². The zero-order valence-corrected chi connectivity index (χ0v) is 37.1. The van der Waals surface area contributed by atoms with Gasteiger partial charge in [0.1, 0.15) is 11.6 Å². The van der Waals surface area contributed by atoms with Crippen LogP contribution in [0.15, 0.2) is 81.5 Å². The van der Waals surface area contributed by atoms with E-state index in [4.69, 9.17) is 14.4 Å². The van der Waals surface area contributed by atoms with Gasteiger partial charge in [0.25, 0.3) is 5.91 Å². The number of aromatic amines is 1. The summed E-state index contributed by atoms with van der Waals surface area (Å²) in [5.41, 5.74) is 4.76. The summed E-state index contributed by atoms with van der Waals surface area (Å²) in [6.45, 7) is 12.5. The average molecular weight is 883 g/mol. The second kappa shape index (κ2) is 14.3. The molecule has 8 heterocycles. The molecule has 0 bridgehead atoms. The minimum absolute atomic E-state index is 0.0226. The molecule has 1 N–H and O–H groups in total. The molecule has 65 heavy (non-hydrogen) atoms. The predicted octanol–water partition coefficient (Wildman–Crippen LogP) is 7.28. The first kappa shape index (κ1) is 40.9. The van der Waals surface area contributed by atoms with Gasteiger partial charge in [0.05, 0.1) is 62.3 Å². The van der Waals surface area contributed by atoms with E-state index < -0.39 is 28.7 Å². The third-order valence-electron chi connectivity index (χ3n) is 14.3. The molecule has 1 saturated carbocycles. The van der Waals surface area contributed by atoms with Crippen molar-refractivity contribution < 1.29 is 22.8 Å². The second-order valence-electron chi connectivity index (χ2n) is 18.8. The van der Waals surface area contributed by atoms with Gasteiger partial charge in [-0.1, -0.05) is 18.1 Å². The first-order valence-electron chi connectivity index (χ1n) is 22.0. The Balaban J connectivity index is 1.06. The third kappa shape index (κ3) is 6.14. The van der Waals surface area contributed by atoms with Crippen LogP contribution in [0, 0.1) is 31.4 Å². The summed E-state index contributed by atoms with van der Waals surface area (Å²) in [5, 5.41) is 13.7. The predicted molar refractivity (Wildman–Crippen MR) is 236 cm³/mol. The number of imidazole rings is 1. The molecule has 1 saturated heterocycles. The van der Waals surface area contributed by atoms with Crippen LogP contribution in [0.2, 0.25) is 0 Å². The lowest BCUT2D eigenvalue weighted by Gasteiger charge is -2.35. The van der Waals surface area contributed by atoms with Gasteiger partial charge in [0.2, 0.25) is 0 Å². The molecule has 1 amide bonds. The SMILES string of the molecule is Cc1cc(-n2nc3c(c2-n2ccn(-c4ccc5c(cnn5C)c4F)c2=O)[C@H](C)N(C(=O)c2cn4cc([C@@H]5CCOC(C)(C)C5)ccc4c2[C@@]2(c4noc(=O)[nH]4)C[C@@H]2C)CC3)cc(C)c1F. The van der Waals surface area contributed by atoms with E-state index in [0.717, 1.165) is 29.5 Å². The van der Waals surface area contributed by atoms with Gasteiger partial charge in [-0.25, -0.2) is 23.1 Å². The maximum Gasteiger partial charge on any atom is 0.438 e. The van der Waals surface area contributed by atoms with Gasteiger partial charge < -0.3 is 14.0 Å². The molecule has 2 aromatic carbocycles. The number of hydrogen-bond acceptors (Lipinski definition) is 8. The Morgan fingerprint density at radius 1 is 0.954 bits per heavy atom. The summed E-state index contributed by atoms with van der Waals surface area (Å²) in [5.74, 6) is -0.864. The summed E-state index contributed by atoms with van der Waals surface area (Å²) < 4.78 is 50.2. The first-order chi connectivity index (χ1) is 31.1. The molecule has 2 fully saturated rings. The molecule has 2 aliphatic heterocycles. The van der Waals surface area contributed by atoms with Crippen molar-refractivity contribution in [2.45, 2.75) is 90.2 Å². The molecule has 6 aromatic heterocycles. The van der Waals surface area contributed by atoms with Crippen LogP contribution in [0.1, 0.15) is 109 Å². The van der Waals surface area contributed by atoms with Gasteiger partial charge in [0, 0.05) is 62.5 Å². The first-order valence-corrected chi connectivity index (χ1v) is 22.0. The van der Waals surface area contributed by atoms with E-state index in [1.54, 1.807) is 65.6 Å². The number of nitrogens with one attached hydrogen (secondary N) is 1. The van der Waals surface area contributed by atoms with Crippen LogP contribution in [-0.2, 0) is 23.6 Å². The molecule has 3 aliphatic rings. The van der Waals surface area contributed by atoms with Crippen LogP contribution in [0.4, 0.5) is 8.78 Å². The maximum absolute atomic E-state index is 16.1. The van der Waals surface area contributed by atoms with Crippen molar-refractivity contribution in [1.29, 1.82) is 0 Å². The molecule has 0 spiro atoms. The van der Waals surface area contributed by atoms with Gasteiger partial charge >= 0.3 is 11.4 Å². The summed E-state index contributed by atoms with van der Waals surface area (Å²) >= 11 is 0. The van der Waals surface area contributed by atoms with Crippen LogP contribution in [-0.4, -0.2) is 72.8 Å². The maximum atomic E-state index is 16.1. The monoisotopic (exact) mass is 882 g/mol. The normalized spacial score (nSPS) is 21.7. The Bertz CT molecular complexity index is 3380. The largest absolute Gasteiger partial charge is 0.438 e. The van der Waals surface area contributed by atoms with Gasteiger partial charge in [-0.3, -0.25) is 28.1 Å². The van der Waals surface area contributed by atoms with Crippen LogP contribution in [0.25, 0.3) is 33.6 Å². The van der Waals surface area contributed by atoms with E-state index in [2.05, 4.69) is 54.3 Å². The van der Waals surface area contributed by atoms with Crippen molar-refractivity contribution in [1.82, 2.24) is 48.1 Å². The minimum Gasteiger partial charge on any atom is -0.376 e. The fraction of sp³-hybridized carbons (Fsp3) is 0.375. The standard InChI is InChI=1S/C48H48F2N10O5/c1-25-18-31(19-26(2)40(25)49)60-42(59-16-15-58(46(59)63)37-11-10-35-32(41(37)50)22-51-55(35)7)38-28(4)57(14-12-34(38)53-60)43(61)33-24-56-23-30(29-13-17-64-47(5,6)21-29)8-9-36(56)39(33)48(20-27(48)3)44-52-45(62)65-54-44/h8-11,15-16,18-19,22-24,27-29H,12-14,17,20-21H2,1-7H3,(H,52,54,62)/t27-,28-,29+,48+/m0/s1. The van der Waals surface area contributed by atoms with Crippen molar-refractivity contribution in [2.75, 3.05) is 13.2 Å². The number of carbonyl (C=O) groups excluding carboxylic acids is 1. The Labute approximate surface area is 370 Å². The van der Waals surface area contributed by atoms with E-state index in [1.807, 2.05) is 17.5 Å². The lowest BCUT2D eigenvalue weighted by atomic mass is 9.84. The number of nitrogens with zero attached hydrogens (tertiary/aromatic N) is 9. The van der Waals surface area contributed by atoms with Gasteiger partial charge in [-0.2, -0.15) is 10.2 Å². The van der Waals surface area contributed by atoms with Crippen LogP contribution >= 0.6 is 0 Å². The number of amides is 1. The number of carbonyl (C=O) groups is 1. The molecular formula is C48H48F2N10O5. The Hall–Kier alpha value is -6.88. The fourth-order valence-electron chi connectivity index (χ4n) is 10.9. The molecule has 0 radical (unpaired) electrons. The number of pyridine rings is 1. The van der Waals surface area contributed by atoms with Crippen molar-refractivity contribution in [3.05, 3.63) is 145 Å². The van der Waals surface area contributed by atoms with E-state index in [9.17, 15) is 9.59 Å². The quantitative estimate of drug-likeness (QED) is 0.175. The number of hydrogen-bond donors (Lipinski definition) is 1. The highest BCUT2D eigenvalue weighted by Gasteiger charge is 2.59. The summed E-state index contributed by atoms with van der Waals surface area (Å²) in [6.07, 6.45) is 11.2. The number of H-pyrrole nitrogens is 1. The summed E-state index contributed by atoms with van der Waals surface area (Å²) in [6, 6.07) is 10.2. The van der Waals surface area contributed by atoms with E-state index in [1.165, 1.54) is 21.5 Å². The van der Waals surface area contributed by atoms with Crippen molar-refractivity contribution in [2.24, 2.45) is 13.0 Å². The molecule has 17 heteroatoms. The molecule has 15 nitrogen and oxygen atoms in total. The highest BCUT2D eigenvalue weighted by molar-refractivity contribution is 5.99. The molecule has 1 aliphatic carbocycles. The topological polar surface area (TPSA) is 155 Å². The average Bonchev–Trinajstić information content (AvgIpc) is 3.90. The smallest absolute Gasteiger partial charge is 0.376 e. The zero-order valence-electron chi connectivity index (χ0n) is 37.1. The van der Waals surface area contributed by atoms with Gasteiger partial charge in [-0.15, -0.1) is 0 Å².